The van der Waals surface area contributed by atoms with Gasteiger partial charge in [0.25, 0.3) is 0 Å². The summed E-state index contributed by atoms with van der Waals surface area (Å²) >= 11 is 0. The van der Waals surface area contributed by atoms with Gasteiger partial charge in [-0.3, -0.25) is 4.79 Å². The van der Waals surface area contributed by atoms with Gasteiger partial charge in [-0.25, -0.2) is 0 Å². The van der Waals surface area contributed by atoms with Crippen molar-refractivity contribution in [3.8, 4) is 0 Å². The van der Waals surface area contributed by atoms with E-state index in [2.05, 4.69) is 43.4 Å². The van der Waals surface area contributed by atoms with E-state index < -0.39 is 5.54 Å². The van der Waals surface area contributed by atoms with Crippen molar-refractivity contribution in [2.75, 3.05) is 0 Å². The van der Waals surface area contributed by atoms with Gasteiger partial charge < -0.3 is 11.1 Å². The molecule has 1 unspecified atom stereocenters. The molecule has 3 nitrogen and oxygen atoms in total. The molecule has 0 aromatic heterocycles. The second-order valence-electron chi connectivity index (χ2n) is 6.08. The first kappa shape index (κ1) is 15.0. The van der Waals surface area contributed by atoms with Gasteiger partial charge in [0.1, 0.15) is 0 Å². The van der Waals surface area contributed by atoms with Gasteiger partial charge in [0.05, 0.1) is 5.54 Å². The van der Waals surface area contributed by atoms with E-state index >= 15 is 0 Å². The number of carbonyl (C=O) groups excluding carboxylic acids is 1. The van der Waals surface area contributed by atoms with E-state index in [1.165, 1.54) is 5.56 Å². The standard InChI is InChI=1S/C17H26N2O/c1-3-13(2)19-17(16(18)20)11-9-15(10-12-17)14-7-5-4-6-8-14/h4-8,13,15,19H,3,9-12H2,1-2H3,(H2,18,20). The highest BCUT2D eigenvalue weighted by molar-refractivity contribution is 5.84. The summed E-state index contributed by atoms with van der Waals surface area (Å²) in [6.45, 7) is 4.25. The van der Waals surface area contributed by atoms with Crippen molar-refractivity contribution >= 4 is 5.91 Å². The van der Waals surface area contributed by atoms with Crippen molar-refractivity contribution in [1.29, 1.82) is 0 Å². The zero-order valence-electron chi connectivity index (χ0n) is 12.6. The Labute approximate surface area is 121 Å². The summed E-state index contributed by atoms with van der Waals surface area (Å²) in [5.74, 6) is 0.367. The monoisotopic (exact) mass is 274 g/mol. The molecule has 1 atom stereocenters. The van der Waals surface area contributed by atoms with E-state index in [0.29, 0.717) is 12.0 Å². The first-order chi connectivity index (χ1) is 9.57. The van der Waals surface area contributed by atoms with Gasteiger partial charge in [-0.15, -0.1) is 0 Å². The van der Waals surface area contributed by atoms with Crippen LogP contribution in [-0.4, -0.2) is 17.5 Å². The Bertz CT molecular complexity index is 436. The van der Waals surface area contributed by atoms with Crippen LogP contribution in [0.15, 0.2) is 30.3 Å². The molecule has 1 aromatic rings. The lowest BCUT2D eigenvalue weighted by molar-refractivity contribution is -0.126. The Morgan fingerprint density at radius 1 is 1.35 bits per heavy atom. The third-order valence-electron chi connectivity index (χ3n) is 4.72. The minimum atomic E-state index is -0.499. The molecular weight excluding hydrogens is 248 g/mol. The summed E-state index contributed by atoms with van der Waals surface area (Å²) in [7, 11) is 0. The number of rotatable bonds is 5. The van der Waals surface area contributed by atoms with Gasteiger partial charge >= 0.3 is 0 Å². The highest BCUT2D eigenvalue weighted by atomic mass is 16.1. The zero-order chi connectivity index (χ0) is 14.6. The number of nitrogens with one attached hydrogen (secondary N) is 1. The van der Waals surface area contributed by atoms with Crippen molar-refractivity contribution in [2.45, 2.75) is 63.5 Å². The van der Waals surface area contributed by atoms with Crippen molar-refractivity contribution in [1.82, 2.24) is 5.32 Å². The number of primary amides is 1. The van der Waals surface area contributed by atoms with Crippen LogP contribution in [0.1, 0.15) is 57.4 Å². The fourth-order valence-electron chi connectivity index (χ4n) is 3.20. The Morgan fingerprint density at radius 2 is 1.95 bits per heavy atom. The van der Waals surface area contributed by atoms with Gasteiger partial charge in [-0.05, 0) is 50.5 Å². The molecule has 1 amide bonds. The maximum atomic E-state index is 11.9. The number of amides is 1. The van der Waals surface area contributed by atoms with Crippen molar-refractivity contribution < 1.29 is 4.79 Å². The molecule has 1 aliphatic carbocycles. The Balaban J connectivity index is 2.05. The lowest BCUT2D eigenvalue weighted by Gasteiger charge is -2.40. The smallest absolute Gasteiger partial charge is 0.237 e. The molecule has 0 aliphatic heterocycles. The van der Waals surface area contributed by atoms with Gasteiger partial charge in [0.2, 0.25) is 5.91 Å². The molecule has 0 saturated heterocycles. The first-order valence-electron chi connectivity index (χ1n) is 7.70. The topological polar surface area (TPSA) is 55.1 Å². The fraction of sp³-hybridized carbons (Fsp3) is 0.588. The van der Waals surface area contributed by atoms with E-state index in [0.717, 1.165) is 32.1 Å². The van der Waals surface area contributed by atoms with Crippen LogP contribution in [0.3, 0.4) is 0 Å². The average Bonchev–Trinajstić information content (AvgIpc) is 2.48. The lowest BCUT2D eigenvalue weighted by atomic mass is 9.73. The zero-order valence-corrected chi connectivity index (χ0v) is 12.6. The normalized spacial score (nSPS) is 28.0. The number of hydrogen-bond acceptors (Lipinski definition) is 2. The summed E-state index contributed by atoms with van der Waals surface area (Å²) in [6.07, 6.45) is 4.74. The van der Waals surface area contributed by atoms with E-state index in [1.54, 1.807) is 0 Å². The molecule has 0 spiro atoms. The summed E-state index contributed by atoms with van der Waals surface area (Å²) in [5.41, 5.74) is 6.57. The highest BCUT2D eigenvalue weighted by Gasteiger charge is 2.41. The quantitative estimate of drug-likeness (QED) is 0.867. The van der Waals surface area contributed by atoms with Crippen molar-refractivity contribution in [3.05, 3.63) is 35.9 Å². The predicted molar refractivity (Wildman–Crippen MR) is 82.5 cm³/mol. The van der Waals surface area contributed by atoms with Crippen LogP contribution in [0.2, 0.25) is 0 Å². The van der Waals surface area contributed by atoms with Crippen LogP contribution in [0.5, 0.6) is 0 Å². The van der Waals surface area contributed by atoms with Gasteiger partial charge in [0, 0.05) is 6.04 Å². The van der Waals surface area contributed by atoms with Crippen LogP contribution in [0.4, 0.5) is 0 Å². The number of nitrogens with two attached hydrogens (primary N) is 1. The first-order valence-corrected chi connectivity index (χ1v) is 7.70. The fourth-order valence-corrected chi connectivity index (χ4v) is 3.20. The summed E-state index contributed by atoms with van der Waals surface area (Å²) in [5, 5.41) is 3.48. The third kappa shape index (κ3) is 3.21. The van der Waals surface area contributed by atoms with E-state index in [9.17, 15) is 4.79 Å². The average molecular weight is 274 g/mol. The van der Waals surface area contributed by atoms with Gasteiger partial charge in [0.15, 0.2) is 0 Å². The van der Waals surface area contributed by atoms with Crippen LogP contribution in [0.25, 0.3) is 0 Å². The molecule has 110 valence electrons. The minimum Gasteiger partial charge on any atom is -0.368 e. The molecule has 1 aliphatic rings. The third-order valence-corrected chi connectivity index (χ3v) is 4.72. The minimum absolute atomic E-state index is 0.190. The largest absolute Gasteiger partial charge is 0.368 e. The van der Waals surface area contributed by atoms with E-state index in [1.807, 2.05) is 6.07 Å². The molecule has 1 saturated carbocycles. The van der Waals surface area contributed by atoms with Crippen LogP contribution in [-0.2, 0) is 4.79 Å². The molecule has 1 aromatic carbocycles. The molecular formula is C17H26N2O. The van der Waals surface area contributed by atoms with Crippen molar-refractivity contribution in [3.63, 3.8) is 0 Å². The predicted octanol–water partition coefficient (Wildman–Crippen LogP) is 2.96. The maximum absolute atomic E-state index is 11.9. The molecule has 2 rings (SSSR count). The van der Waals surface area contributed by atoms with Crippen LogP contribution < -0.4 is 11.1 Å². The molecule has 20 heavy (non-hydrogen) atoms. The van der Waals surface area contributed by atoms with E-state index in [4.69, 9.17) is 5.73 Å². The Hall–Kier alpha value is -1.35. The maximum Gasteiger partial charge on any atom is 0.237 e. The summed E-state index contributed by atoms with van der Waals surface area (Å²) in [4.78, 5) is 11.9. The summed E-state index contributed by atoms with van der Waals surface area (Å²) < 4.78 is 0. The number of carbonyl (C=O) groups is 1. The number of benzene rings is 1. The SMILES string of the molecule is CCC(C)NC1(C(N)=O)CCC(c2ccccc2)CC1. The number of hydrogen-bond donors (Lipinski definition) is 2. The highest BCUT2D eigenvalue weighted by Crippen LogP contribution is 2.38. The second kappa shape index (κ2) is 6.40. The second-order valence-corrected chi connectivity index (χ2v) is 6.08. The molecule has 0 bridgehead atoms. The summed E-state index contributed by atoms with van der Waals surface area (Å²) in [6, 6.07) is 10.9. The van der Waals surface area contributed by atoms with Crippen LogP contribution in [0, 0.1) is 0 Å². The lowest BCUT2D eigenvalue weighted by Crippen LogP contribution is -2.59. The Kier molecular flexibility index (Phi) is 4.81. The van der Waals surface area contributed by atoms with E-state index in [-0.39, 0.29) is 5.91 Å². The molecule has 3 heteroatoms. The molecule has 0 radical (unpaired) electrons. The Morgan fingerprint density at radius 3 is 2.45 bits per heavy atom. The molecule has 3 N–H and O–H groups in total. The van der Waals surface area contributed by atoms with Gasteiger partial charge in [-0.1, -0.05) is 37.3 Å². The van der Waals surface area contributed by atoms with Crippen LogP contribution >= 0.6 is 0 Å². The van der Waals surface area contributed by atoms with Gasteiger partial charge in [-0.2, -0.15) is 0 Å². The molecule has 1 fully saturated rings. The van der Waals surface area contributed by atoms with Crippen molar-refractivity contribution in [2.24, 2.45) is 5.73 Å². The molecule has 0 heterocycles.